The molecule has 1 N–H and O–H groups in total. The number of rotatable bonds is 2. The summed E-state index contributed by atoms with van der Waals surface area (Å²) >= 11 is 0. The van der Waals surface area contributed by atoms with E-state index in [0.29, 0.717) is 31.4 Å². The molecule has 0 radical (unpaired) electrons. The van der Waals surface area contributed by atoms with Crippen LogP contribution in [0, 0.1) is 6.92 Å². The predicted octanol–water partition coefficient (Wildman–Crippen LogP) is 0.739. The maximum absolute atomic E-state index is 12.9. The number of nitrogens with one attached hydrogen (secondary N) is 1. The summed E-state index contributed by atoms with van der Waals surface area (Å²) in [5, 5.41) is 0. The van der Waals surface area contributed by atoms with Gasteiger partial charge in [-0.15, -0.1) is 0 Å². The minimum atomic E-state index is -3.38. The minimum absolute atomic E-state index is 0.109. The average molecular weight is 425 g/mol. The fraction of sp³-hybridized carbons (Fsp3) is 0.737. The van der Waals surface area contributed by atoms with E-state index in [2.05, 4.69) is 14.7 Å². The van der Waals surface area contributed by atoms with E-state index in [4.69, 9.17) is 9.47 Å². The van der Waals surface area contributed by atoms with Gasteiger partial charge in [-0.05, 0) is 44.9 Å². The van der Waals surface area contributed by atoms with E-state index < -0.39 is 10.0 Å². The van der Waals surface area contributed by atoms with Crippen molar-refractivity contribution in [1.29, 1.82) is 0 Å². The summed E-state index contributed by atoms with van der Waals surface area (Å²) in [5.74, 6) is 0.586. The van der Waals surface area contributed by atoms with E-state index >= 15 is 0 Å². The molecule has 160 valence electrons. The summed E-state index contributed by atoms with van der Waals surface area (Å²) in [5.41, 5.74) is 1.88. The molecule has 4 aliphatic rings. The van der Waals surface area contributed by atoms with Crippen LogP contribution < -0.4 is 9.46 Å². The van der Waals surface area contributed by atoms with Crippen LogP contribution in [0.3, 0.4) is 0 Å². The van der Waals surface area contributed by atoms with Crippen LogP contribution in [0.25, 0.3) is 0 Å². The summed E-state index contributed by atoms with van der Waals surface area (Å²) < 4.78 is 38.2. The number of aromatic nitrogens is 2. The number of aryl methyl sites for hydroxylation is 1. The molecule has 4 heterocycles. The smallest absolute Gasteiger partial charge is 0.260 e. The normalized spacial score (nSPS) is 30.6. The first-order valence-electron chi connectivity index (χ1n) is 10.1. The molecule has 3 aliphatic heterocycles. The second-order valence-corrected chi connectivity index (χ2v) is 9.99. The van der Waals surface area contributed by atoms with E-state index in [1.54, 1.807) is 4.90 Å². The van der Waals surface area contributed by atoms with Crippen LogP contribution in [-0.2, 0) is 19.6 Å². The fourth-order valence-electron chi connectivity index (χ4n) is 4.79. The van der Waals surface area contributed by atoms with Gasteiger partial charge in [0, 0.05) is 23.8 Å². The van der Waals surface area contributed by atoms with Gasteiger partial charge in [0.05, 0.1) is 25.0 Å². The fourth-order valence-corrected chi connectivity index (χ4v) is 5.62. The zero-order valence-corrected chi connectivity index (χ0v) is 17.7. The molecule has 2 bridgehead atoms. The van der Waals surface area contributed by atoms with Crippen molar-refractivity contribution in [2.75, 3.05) is 26.0 Å². The van der Waals surface area contributed by atoms with Crippen LogP contribution in [0.1, 0.15) is 49.3 Å². The van der Waals surface area contributed by atoms with Gasteiger partial charge in [-0.2, -0.15) is 0 Å². The number of carbonyl (C=O) groups excluding carboxylic acids is 1. The van der Waals surface area contributed by atoms with Gasteiger partial charge in [0.2, 0.25) is 15.9 Å². The van der Waals surface area contributed by atoms with Gasteiger partial charge in [-0.1, -0.05) is 0 Å². The summed E-state index contributed by atoms with van der Waals surface area (Å²) in [6.07, 6.45) is 6.98. The summed E-state index contributed by atoms with van der Waals surface area (Å²) in [6.45, 7) is 2.60. The molecule has 1 aliphatic carbocycles. The van der Waals surface area contributed by atoms with E-state index in [0.717, 1.165) is 43.2 Å². The van der Waals surface area contributed by atoms with Crippen molar-refractivity contribution in [3.8, 4) is 5.88 Å². The lowest BCUT2D eigenvalue weighted by Crippen LogP contribution is -2.50. The maximum Gasteiger partial charge on any atom is 0.260 e. The molecule has 10 heteroatoms. The third kappa shape index (κ3) is 4.54. The molecule has 29 heavy (non-hydrogen) atoms. The zero-order chi connectivity index (χ0) is 20.6. The Morgan fingerprint density at radius 1 is 1.17 bits per heavy atom. The number of hydrogen-bond donors (Lipinski definition) is 1. The molecule has 1 saturated heterocycles. The number of fused-ring (bicyclic) bond motifs is 5. The lowest BCUT2D eigenvalue weighted by atomic mass is 9.82. The van der Waals surface area contributed by atoms with Crippen LogP contribution in [0.2, 0.25) is 0 Å². The summed E-state index contributed by atoms with van der Waals surface area (Å²) in [7, 11) is -3.38. The molecular formula is C19H28N4O5S. The molecule has 1 amide bonds. The molecule has 0 spiro atoms. The molecule has 2 atom stereocenters. The Bertz CT molecular complexity index is 869. The van der Waals surface area contributed by atoms with Gasteiger partial charge in [0.25, 0.3) is 5.91 Å². The van der Waals surface area contributed by atoms with Crippen LogP contribution in [-0.4, -0.2) is 73.4 Å². The second kappa shape index (κ2) is 8.16. The molecule has 5 rings (SSSR count). The van der Waals surface area contributed by atoms with Crippen molar-refractivity contribution in [2.45, 2.75) is 63.1 Å². The molecule has 2 fully saturated rings. The standard InChI is InChI=1S/C19H28N4O5S/c1-12-18-13-3-5-14(6-4-13)27-9-16-15(22-29(2,25)26)7-8-23(16)17(24)10-28-19(18)21-11-20-12/h11,13-16,22H,3-10H2,1-2H3/t13-,14+,15-,16-/m0/s1. The van der Waals surface area contributed by atoms with Crippen molar-refractivity contribution in [3.05, 3.63) is 17.6 Å². The number of ether oxygens (including phenoxy) is 2. The highest BCUT2D eigenvalue weighted by Gasteiger charge is 2.40. The minimum Gasteiger partial charge on any atom is -0.467 e. The highest BCUT2D eigenvalue weighted by atomic mass is 32.2. The first-order valence-corrected chi connectivity index (χ1v) is 12.0. The topological polar surface area (TPSA) is 111 Å². The van der Waals surface area contributed by atoms with Crippen LogP contribution in [0.15, 0.2) is 6.33 Å². The molecule has 1 aromatic heterocycles. The van der Waals surface area contributed by atoms with E-state index in [1.807, 2.05) is 6.92 Å². The highest BCUT2D eigenvalue weighted by Crippen LogP contribution is 2.39. The van der Waals surface area contributed by atoms with Crippen molar-refractivity contribution in [3.63, 3.8) is 0 Å². The Labute approximate surface area is 171 Å². The van der Waals surface area contributed by atoms with E-state index in [1.165, 1.54) is 6.33 Å². The quantitative estimate of drug-likeness (QED) is 0.745. The number of carbonyl (C=O) groups is 1. The number of hydrogen-bond acceptors (Lipinski definition) is 7. The van der Waals surface area contributed by atoms with Crippen molar-refractivity contribution in [2.24, 2.45) is 0 Å². The molecule has 0 unspecified atom stereocenters. The first kappa shape index (κ1) is 20.5. The van der Waals surface area contributed by atoms with Crippen LogP contribution in [0.4, 0.5) is 0 Å². The molecule has 1 saturated carbocycles. The van der Waals surface area contributed by atoms with Crippen LogP contribution >= 0.6 is 0 Å². The zero-order valence-electron chi connectivity index (χ0n) is 16.8. The average Bonchev–Trinajstić information content (AvgIpc) is 3.05. The third-order valence-electron chi connectivity index (χ3n) is 6.20. The van der Waals surface area contributed by atoms with E-state index in [-0.39, 0.29) is 30.7 Å². The Morgan fingerprint density at radius 3 is 2.66 bits per heavy atom. The Kier molecular flexibility index (Phi) is 5.76. The largest absolute Gasteiger partial charge is 0.467 e. The molecule has 0 aromatic carbocycles. The Hall–Kier alpha value is -1.78. The monoisotopic (exact) mass is 424 g/mol. The summed E-state index contributed by atoms with van der Waals surface area (Å²) in [4.78, 5) is 23.2. The predicted molar refractivity (Wildman–Crippen MR) is 105 cm³/mol. The van der Waals surface area contributed by atoms with Gasteiger partial charge in [0.1, 0.15) is 6.33 Å². The van der Waals surface area contributed by atoms with Gasteiger partial charge in [-0.25, -0.2) is 23.1 Å². The lowest BCUT2D eigenvalue weighted by Gasteiger charge is -2.32. The Morgan fingerprint density at radius 2 is 1.93 bits per heavy atom. The highest BCUT2D eigenvalue weighted by molar-refractivity contribution is 7.88. The van der Waals surface area contributed by atoms with Gasteiger partial charge in [0.15, 0.2) is 6.61 Å². The molecule has 9 nitrogen and oxygen atoms in total. The van der Waals surface area contributed by atoms with Crippen molar-refractivity contribution >= 4 is 15.9 Å². The lowest BCUT2D eigenvalue weighted by molar-refractivity contribution is -0.136. The second-order valence-electron chi connectivity index (χ2n) is 8.21. The molecule has 1 aromatic rings. The van der Waals surface area contributed by atoms with Gasteiger partial charge in [-0.3, -0.25) is 4.79 Å². The van der Waals surface area contributed by atoms with Crippen molar-refractivity contribution in [1.82, 2.24) is 19.6 Å². The summed E-state index contributed by atoms with van der Waals surface area (Å²) in [6, 6.07) is -0.696. The maximum atomic E-state index is 12.9. The third-order valence-corrected chi connectivity index (χ3v) is 6.93. The SMILES string of the molecule is Cc1ncnc2c1[C@H]1CC[C@H](CC1)OC[C@H]1[C@@H](NS(C)(=O)=O)CCN1C(=O)CO2. The van der Waals surface area contributed by atoms with Crippen LogP contribution in [0.5, 0.6) is 5.88 Å². The molecular weight excluding hydrogens is 396 g/mol. The first-order chi connectivity index (χ1) is 13.8. The van der Waals surface area contributed by atoms with Gasteiger partial charge < -0.3 is 14.4 Å². The number of nitrogens with zero attached hydrogens (tertiary/aromatic N) is 3. The number of amides is 1. The van der Waals surface area contributed by atoms with E-state index in [9.17, 15) is 13.2 Å². The Balaban J connectivity index is 1.61. The van der Waals surface area contributed by atoms with Gasteiger partial charge >= 0.3 is 0 Å². The van der Waals surface area contributed by atoms with Crippen molar-refractivity contribution < 1.29 is 22.7 Å². The number of sulfonamides is 1.